The number of anilines is 1. The molecule has 1 heterocycles. The molecule has 104 valence electrons. The predicted octanol–water partition coefficient (Wildman–Crippen LogP) is 3.02. The Kier molecular flexibility index (Phi) is 3.66. The van der Waals surface area contributed by atoms with Crippen molar-refractivity contribution in [1.82, 2.24) is 9.97 Å². The van der Waals surface area contributed by atoms with Crippen LogP contribution in [0, 0.1) is 0 Å². The minimum atomic E-state index is -0.212. The molecule has 0 aliphatic carbocycles. The van der Waals surface area contributed by atoms with E-state index in [1.165, 1.54) is 0 Å². The largest absolute Gasteiger partial charge is 0.291 e. The van der Waals surface area contributed by atoms with E-state index in [4.69, 9.17) is 11.6 Å². The van der Waals surface area contributed by atoms with E-state index in [2.05, 4.69) is 20.5 Å². The van der Waals surface area contributed by atoms with Crippen molar-refractivity contribution < 1.29 is 0 Å². The number of halogens is 1. The van der Waals surface area contributed by atoms with Gasteiger partial charge in [-0.15, -0.1) is 0 Å². The van der Waals surface area contributed by atoms with Gasteiger partial charge in [0.2, 0.25) is 5.95 Å². The van der Waals surface area contributed by atoms with Gasteiger partial charge in [0, 0.05) is 10.6 Å². The maximum Gasteiger partial charge on any atom is 0.260 e. The van der Waals surface area contributed by atoms with Crippen molar-refractivity contribution in [2.24, 2.45) is 5.10 Å². The van der Waals surface area contributed by atoms with Crippen LogP contribution in [0.15, 0.2) is 58.4 Å². The molecular formula is C15H11ClN4O. The Morgan fingerprint density at radius 2 is 1.90 bits per heavy atom. The van der Waals surface area contributed by atoms with E-state index >= 15 is 0 Å². The number of hydrogen-bond donors (Lipinski definition) is 2. The number of benzene rings is 2. The van der Waals surface area contributed by atoms with Gasteiger partial charge in [-0.05, 0) is 18.2 Å². The lowest BCUT2D eigenvalue weighted by Gasteiger charge is -2.01. The summed E-state index contributed by atoms with van der Waals surface area (Å²) in [5, 5.41) is 5.17. The number of para-hydroxylation sites is 1. The lowest BCUT2D eigenvalue weighted by molar-refractivity contribution is 1.12. The molecule has 0 saturated heterocycles. The van der Waals surface area contributed by atoms with E-state index in [0.717, 1.165) is 5.56 Å². The summed E-state index contributed by atoms with van der Waals surface area (Å²) in [6.07, 6.45) is 1.57. The molecule has 2 aromatic carbocycles. The standard InChI is InChI=1S/C15H11ClN4O/c16-12-7-3-1-5-10(12)9-17-20-15-18-13-8-4-2-6-11(13)14(21)19-15/h1-9H,(H2,18,19,20,21)/b17-9-. The highest BCUT2D eigenvalue weighted by atomic mass is 35.5. The van der Waals surface area contributed by atoms with Crippen molar-refractivity contribution >= 4 is 34.7 Å². The summed E-state index contributed by atoms with van der Waals surface area (Å²) in [7, 11) is 0. The van der Waals surface area contributed by atoms with Crippen molar-refractivity contribution in [3.05, 3.63) is 69.5 Å². The average molecular weight is 299 g/mol. The van der Waals surface area contributed by atoms with Crippen molar-refractivity contribution in [2.75, 3.05) is 5.43 Å². The van der Waals surface area contributed by atoms with E-state index in [-0.39, 0.29) is 11.5 Å². The molecule has 0 unspecified atom stereocenters. The first-order chi connectivity index (χ1) is 10.2. The molecule has 0 saturated carbocycles. The van der Waals surface area contributed by atoms with Gasteiger partial charge < -0.3 is 0 Å². The van der Waals surface area contributed by atoms with Gasteiger partial charge in [-0.3, -0.25) is 9.78 Å². The lowest BCUT2D eigenvalue weighted by Crippen LogP contribution is -2.10. The molecule has 3 aromatic rings. The molecule has 0 fully saturated rings. The van der Waals surface area contributed by atoms with Crippen molar-refractivity contribution in [3.63, 3.8) is 0 Å². The van der Waals surface area contributed by atoms with Crippen LogP contribution in [0.2, 0.25) is 5.02 Å². The molecule has 0 spiro atoms. The number of rotatable bonds is 3. The predicted molar refractivity (Wildman–Crippen MR) is 85.0 cm³/mol. The summed E-state index contributed by atoms with van der Waals surface area (Å²) < 4.78 is 0. The van der Waals surface area contributed by atoms with E-state index in [1.54, 1.807) is 30.5 Å². The Hall–Kier alpha value is -2.66. The second kappa shape index (κ2) is 5.76. The van der Waals surface area contributed by atoms with E-state index < -0.39 is 0 Å². The molecule has 0 aliphatic rings. The van der Waals surface area contributed by atoms with Gasteiger partial charge in [0.15, 0.2) is 0 Å². The highest BCUT2D eigenvalue weighted by Crippen LogP contribution is 2.12. The number of H-pyrrole nitrogens is 1. The molecule has 3 rings (SSSR count). The Labute approximate surface area is 125 Å². The van der Waals surface area contributed by atoms with Gasteiger partial charge in [0.05, 0.1) is 17.1 Å². The first-order valence-corrected chi connectivity index (χ1v) is 6.64. The molecule has 0 aliphatic heterocycles. The molecule has 0 amide bonds. The van der Waals surface area contributed by atoms with Gasteiger partial charge >= 0.3 is 0 Å². The summed E-state index contributed by atoms with van der Waals surface area (Å²) in [4.78, 5) is 18.8. The maximum absolute atomic E-state index is 11.9. The number of fused-ring (bicyclic) bond motifs is 1. The lowest BCUT2D eigenvalue weighted by atomic mass is 10.2. The first kappa shape index (κ1) is 13.3. The number of aromatic amines is 1. The van der Waals surface area contributed by atoms with Crippen molar-refractivity contribution in [1.29, 1.82) is 0 Å². The van der Waals surface area contributed by atoms with Gasteiger partial charge in [-0.1, -0.05) is 41.9 Å². The quantitative estimate of drug-likeness (QED) is 0.577. The Bertz CT molecular complexity index is 873. The van der Waals surface area contributed by atoms with Gasteiger partial charge in [-0.25, -0.2) is 10.4 Å². The maximum atomic E-state index is 11.9. The van der Waals surface area contributed by atoms with E-state index in [1.807, 2.05) is 24.3 Å². The van der Waals surface area contributed by atoms with Crippen LogP contribution in [0.1, 0.15) is 5.56 Å². The topological polar surface area (TPSA) is 70.1 Å². The van der Waals surface area contributed by atoms with Crippen LogP contribution in [-0.4, -0.2) is 16.2 Å². The second-order valence-electron chi connectivity index (χ2n) is 4.32. The molecular weight excluding hydrogens is 288 g/mol. The normalized spacial score (nSPS) is 11.1. The first-order valence-electron chi connectivity index (χ1n) is 6.27. The molecule has 21 heavy (non-hydrogen) atoms. The average Bonchev–Trinajstić information content (AvgIpc) is 2.49. The van der Waals surface area contributed by atoms with Crippen molar-refractivity contribution in [2.45, 2.75) is 0 Å². The molecule has 0 bridgehead atoms. The summed E-state index contributed by atoms with van der Waals surface area (Å²) in [5.41, 5.74) is 3.87. The number of hydrogen-bond acceptors (Lipinski definition) is 4. The van der Waals surface area contributed by atoms with Gasteiger partial charge in [-0.2, -0.15) is 5.10 Å². The second-order valence-corrected chi connectivity index (χ2v) is 4.73. The third-order valence-corrected chi connectivity index (χ3v) is 3.24. The van der Waals surface area contributed by atoms with Crippen LogP contribution < -0.4 is 11.0 Å². The van der Waals surface area contributed by atoms with E-state index in [9.17, 15) is 4.79 Å². The fourth-order valence-electron chi connectivity index (χ4n) is 1.88. The minimum Gasteiger partial charge on any atom is -0.291 e. The summed E-state index contributed by atoms with van der Waals surface area (Å²) in [6, 6.07) is 14.4. The van der Waals surface area contributed by atoms with Crippen molar-refractivity contribution in [3.8, 4) is 0 Å². The molecule has 0 atom stereocenters. The van der Waals surface area contributed by atoms with Crippen LogP contribution in [0.3, 0.4) is 0 Å². The highest BCUT2D eigenvalue weighted by molar-refractivity contribution is 6.33. The van der Waals surface area contributed by atoms with Crippen LogP contribution in [0.5, 0.6) is 0 Å². The number of aromatic nitrogens is 2. The van der Waals surface area contributed by atoms with Crippen LogP contribution in [0.4, 0.5) is 5.95 Å². The molecule has 2 N–H and O–H groups in total. The minimum absolute atomic E-state index is 0.212. The smallest absolute Gasteiger partial charge is 0.260 e. The fraction of sp³-hybridized carbons (Fsp3) is 0. The van der Waals surface area contributed by atoms with Gasteiger partial charge in [0.1, 0.15) is 0 Å². The SMILES string of the molecule is O=c1[nH]c(N/N=C\c2ccccc2Cl)nc2ccccc12. The van der Waals surface area contributed by atoms with E-state index in [0.29, 0.717) is 15.9 Å². The van der Waals surface area contributed by atoms with Crippen LogP contribution in [-0.2, 0) is 0 Å². The third-order valence-electron chi connectivity index (χ3n) is 2.89. The number of nitrogens with zero attached hydrogens (tertiary/aromatic N) is 2. The summed E-state index contributed by atoms with van der Waals surface area (Å²) in [5.74, 6) is 0.280. The molecule has 5 nitrogen and oxygen atoms in total. The zero-order valence-electron chi connectivity index (χ0n) is 10.9. The molecule has 0 radical (unpaired) electrons. The monoisotopic (exact) mass is 298 g/mol. The van der Waals surface area contributed by atoms with Gasteiger partial charge in [0.25, 0.3) is 5.56 Å². The third kappa shape index (κ3) is 2.93. The molecule has 1 aromatic heterocycles. The summed E-state index contributed by atoms with van der Waals surface area (Å²) in [6.45, 7) is 0. The Morgan fingerprint density at radius 1 is 1.14 bits per heavy atom. The van der Waals surface area contributed by atoms with Crippen LogP contribution in [0.25, 0.3) is 10.9 Å². The van der Waals surface area contributed by atoms with Crippen LogP contribution >= 0.6 is 11.6 Å². The Balaban J connectivity index is 1.86. The number of hydrazone groups is 1. The summed E-state index contributed by atoms with van der Waals surface area (Å²) >= 11 is 6.02. The number of nitrogens with one attached hydrogen (secondary N) is 2. The Morgan fingerprint density at radius 3 is 2.76 bits per heavy atom. The fourth-order valence-corrected chi connectivity index (χ4v) is 2.07. The zero-order chi connectivity index (χ0) is 14.7. The zero-order valence-corrected chi connectivity index (χ0v) is 11.6. The molecule has 6 heteroatoms. The highest BCUT2D eigenvalue weighted by Gasteiger charge is 2.01.